The molecule has 1 aliphatic heterocycles. The molecule has 0 saturated heterocycles. The maximum atomic E-state index is 12.7. The van der Waals surface area contributed by atoms with Crippen molar-refractivity contribution >= 4 is 29.2 Å². The van der Waals surface area contributed by atoms with E-state index in [0.717, 1.165) is 17.7 Å². The number of halogens is 1. The van der Waals surface area contributed by atoms with E-state index in [9.17, 15) is 4.79 Å². The molecule has 7 heteroatoms. The molecule has 0 bridgehead atoms. The monoisotopic (exact) mass is 346 g/mol. The zero-order chi connectivity index (χ0) is 17.1. The van der Waals surface area contributed by atoms with Crippen LogP contribution in [-0.4, -0.2) is 33.1 Å². The second-order valence-electron chi connectivity index (χ2n) is 5.58. The molecule has 1 aromatic heterocycles. The zero-order valence-electron chi connectivity index (χ0n) is 13.6. The highest BCUT2D eigenvalue weighted by molar-refractivity contribution is 6.30. The molecule has 2 unspecified atom stereocenters. The maximum Gasteiger partial charge on any atom is 0.317 e. The lowest BCUT2D eigenvalue weighted by atomic mass is 9.86. The molecule has 2 aromatic rings. The number of benzene rings is 1. The number of hydrogen-bond donors (Lipinski definition) is 0. The van der Waals surface area contributed by atoms with E-state index in [1.54, 1.807) is 23.7 Å². The summed E-state index contributed by atoms with van der Waals surface area (Å²) in [6.45, 7) is 4.18. The smallest absolute Gasteiger partial charge is 0.317 e. The lowest BCUT2D eigenvalue weighted by Crippen LogP contribution is -2.38. The first-order valence-corrected chi connectivity index (χ1v) is 8.42. The Morgan fingerprint density at radius 3 is 2.71 bits per heavy atom. The van der Waals surface area contributed by atoms with Crippen LogP contribution in [0.5, 0.6) is 0 Å². The number of hydrogen-bond acceptors (Lipinski definition) is 5. The summed E-state index contributed by atoms with van der Waals surface area (Å²) in [6, 6.07) is 7.08. The molecule has 3 rings (SSSR count). The number of ether oxygens (including phenoxy) is 1. The highest BCUT2D eigenvalue weighted by atomic mass is 35.5. The second kappa shape index (κ2) is 7.13. The first-order chi connectivity index (χ1) is 11.7. The van der Waals surface area contributed by atoms with Gasteiger partial charge in [-0.2, -0.15) is 10.1 Å². The Morgan fingerprint density at radius 1 is 1.29 bits per heavy atom. The third-order valence-corrected chi connectivity index (χ3v) is 4.25. The van der Waals surface area contributed by atoms with Gasteiger partial charge < -0.3 is 4.74 Å². The number of fused-ring (bicyclic) bond motifs is 1. The van der Waals surface area contributed by atoms with Crippen molar-refractivity contribution in [3.05, 3.63) is 41.2 Å². The van der Waals surface area contributed by atoms with Crippen molar-refractivity contribution in [1.82, 2.24) is 14.8 Å². The van der Waals surface area contributed by atoms with Crippen LogP contribution < -0.4 is 0 Å². The minimum absolute atomic E-state index is 0.286. The van der Waals surface area contributed by atoms with E-state index in [2.05, 4.69) is 22.0 Å². The number of carbonyl (C=O) groups excluding carboxylic acids is 1. The number of nitrogens with zero attached hydrogens (tertiary/aromatic N) is 4. The van der Waals surface area contributed by atoms with Gasteiger partial charge in [-0.15, -0.1) is 0 Å². The van der Waals surface area contributed by atoms with Crippen molar-refractivity contribution in [2.24, 2.45) is 10.9 Å². The molecule has 0 radical (unpaired) electrons. The van der Waals surface area contributed by atoms with Gasteiger partial charge in [-0.05, 0) is 31.0 Å². The fourth-order valence-electron chi connectivity index (χ4n) is 3.00. The number of aliphatic imine (C=N–C) groups is 1. The van der Waals surface area contributed by atoms with Crippen molar-refractivity contribution in [3.63, 3.8) is 0 Å². The minimum atomic E-state index is -0.514. The van der Waals surface area contributed by atoms with Gasteiger partial charge in [0.25, 0.3) is 0 Å². The van der Waals surface area contributed by atoms with E-state index in [0.29, 0.717) is 24.0 Å². The van der Waals surface area contributed by atoms with Crippen LogP contribution in [0.25, 0.3) is 0 Å². The Morgan fingerprint density at radius 2 is 2.04 bits per heavy atom. The molecular formula is C17H19ClN4O2. The lowest BCUT2D eigenvalue weighted by molar-refractivity contribution is -0.146. The molecule has 0 amide bonds. The van der Waals surface area contributed by atoms with Crippen LogP contribution in [0.3, 0.4) is 0 Å². The molecule has 126 valence electrons. The van der Waals surface area contributed by atoms with E-state index < -0.39 is 5.92 Å². The molecular weight excluding hydrogens is 328 g/mol. The summed E-state index contributed by atoms with van der Waals surface area (Å²) < 4.78 is 7.00. The summed E-state index contributed by atoms with van der Waals surface area (Å²) in [6.07, 6.45) is 3.05. The van der Waals surface area contributed by atoms with Gasteiger partial charge in [0.15, 0.2) is 0 Å². The minimum Gasteiger partial charge on any atom is -0.465 e. The van der Waals surface area contributed by atoms with Crippen LogP contribution >= 0.6 is 11.6 Å². The van der Waals surface area contributed by atoms with Gasteiger partial charge >= 0.3 is 5.97 Å². The number of esters is 1. The topological polar surface area (TPSA) is 69.4 Å². The number of carbonyl (C=O) groups is 1. The molecule has 2 heterocycles. The molecule has 2 atom stereocenters. The Bertz CT molecular complexity index is 754. The first-order valence-electron chi connectivity index (χ1n) is 8.04. The Labute approximate surface area is 145 Å². The molecule has 6 nitrogen and oxygen atoms in total. The quantitative estimate of drug-likeness (QED) is 0.776. The van der Waals surface area contributed by atoms with Crippen molar-refractivity contribution in [1.29, 1.82) is 0 Å². The normalized spacial score (nSPS) is 19.5. The lowest BCUT2D eigenvalue weighted by Gasteiger charge is -2.31. The second-order valence-corrected chi connectivity index (χ2v) is 6.02. The Balaban J connectivity index is 2.11. The molecule has 24 heavy (non-hydrogen) atoms. The van der Waals surface area contributed by atoms with Crippen LogP contribution in [0, 0.1) is 5.92 Å². The van der Waals surface area contributed by atoms with Gasteiger partial charge in [-0.1, -0.05) is 37.1 Å². The van der Waals surface area contributed by atoms with Gasteiger partial charge in [-0.3, -0.25) is 4.79 Å². The fraction of sp³-hybridized carbons (Fsp3) is 0.412. The predicted molar refractivity (Wildman–Crippen MR) is 91.7 cm³/mol. The highest BCUT2D eigenvalue weighted by Gasteiger charge is 2.40. The van der Waals surface area contributed by atoms with Crippen molar-refractivity contribution < 1.29 is 9.53 Å². The zero-order valence-corrected chi connectivity index (χ0v) is 14.4. The predicted octanol–water partition coefficient (Wildman–Crippen LogP) is 3.59. The molecule has 0 fully saturated rings. The third-order valence-electron chi connectivity index (χ3n) is 3.99. The number of rotatable bonds is 5. The maximum absolute atomic E-state index is 12.7. The van der Waals surface area contributed by atoms with Crippen LogP contribution in [0.15, 0.2) is 35.6 Å². The molecule has 0 spiro atoms. The molecule has 0 aliphatic carbocycles. The summed E-state index contributed by atoms with van der Waals surface area (Å²) in [7, 11) is 0. The van der Waals surface area contributed by atoms with Crippen molar-refractivity contribution in [3.8, 4) is 0 Å². The summed E-state index contributed by atoms with van der Waals surface area (Å²) in [4.78, 5) is 21.4. The SMILES string of the molecule is CCCC1=Nc2ncnn2C(c2ccc(Cl)cc2)C1C(=O)OCC. The van der Waals surface area contributed by atoms with E-state index in [1.165, 1.54) is 6.33 Å². The van der Waals surface area contributed by atoms with Gasteiger partial charge in [-0.25, -0.2) is 9.67 Å². The number of aromatic nitrogens is 3. The van der Waals surface area contributed by atoms with Crippen molar-refractivity contribution in [2.45, 2.75) is 32.7 Å². The van der Waals surface area contributed by atoms with Crippen LogP contribution in [0.1, 0.15) is 38.3 Å². The highest BCUT2D eigenvalue weighted by Crippen LogP contribution is 2.37. The van der Waals surface area contributed by atoms with Gasteiger partial charge in [0.2, 0.25) is 5.95 Å². The summed E-state index contributed by atoms with van der Waals surface area (Å²) in [5.41, 5.74) is 1.71. The van der Waals surface area contributed by atoms with E-state index in [4.69, 9.17) is 16.3 Å². The first kappa shape index (κ1) is 16.6. The summed E-state index contributed by atoms with van der Waals surface area (Å²) in [5.74, 6) is -0.287. The van der Waals surface area contributed by atoms with Crippen LogP contribution in [0.2, 0.25) is 5.02 Å². The standard InChI is InChI=1S/C17H19ClN4O2/c1-3-5-13-14(16(23)24-4-2)15(11-6-8-12(18)9-7-11)22-17(21-13)19-10-20-22/h6-10,14-15H,3-5H2,1-2H3. The molecule has 1 aliphatic rings. The van der Waals surface area contributed by atoms with E-state index in [-0.39, 0.29) is 12.0 Å². The average molecular weight is 347 g/mol. The molecule has 1 aromatic carbocycles. The van der Waals surface area contributed by atoms with Crippen LogP contribution in [-0.2, 0) is 9.53 Å². The van der Waals surface area contributed by atoms with E-state index in [1.807, 2.05) is 12.1 Å². The Kier molecular flexibility index (Phi) is 4.94. The summed E-state index contributed by atoms with van der Waals surface area (Å²) in [5, 5.41) is 4.92. The molecule has 0 saturated carbocycles. The third kappa shape index (κ3) is 3.06. The van der Waals surface area contributed by atoms with Crippen molar-refractivity contribution in [2.75, 3.05) is 6.61 Å². The van der Waals surface area contributed by atoms with Gasteiger partial charge in [0.1, 0.15) is 12.2 Å². The Hall–Kier alpha value is -2.21. The van der Waals surface area contributed by atoms with E-state index >= 15 is 0 Å². The molecule has 0 N–H and O–H groups in total. The fourth-order valence-corrected chi connectivity index (χ4v) is 3.13. The van der Waals surface area contributed by atoms with Gasteiger partial charge in [0.05, 0.1) is 12.6 Å². The van der Waals surface area contributed by atoms with Crippen LogP contribution in [0.4, 0.5) is 5.95 Å². The summed E-state index contributed by atoms with van der Waals surface area (Å²) >= 11 is 6.01. The average Bonchev–Trinajstić information content (AvgIpc) is 3.03. The largest absolute Gasteiger partial charge is 0.465 e. The van der Waals surface area contributed by atoms with Gasteiger partial charge in [0, 0.05) is 10.7 Å².